The lowest BCUT2D eigenvalue weighted by Gasteiger charge is -2.22. The fourth-order valence-corrected chi connectivity index (χ4v) is 3.99. The summed E-state index contributed by atoms with van der Waals surface area (Å²) in [5.41, 5.74) is -0.959. The van der Waals surface area contributed by atoms with Crippen molar-refractivity contribution in [3.05, 3.63) is 29.3 Å². The molecule has 6 nitrogen and oxygen atoms in total. The first-order valence-corrected chi connectivity index (χ1v) is 9.39. The number of amides is 1. The molecule has 1 aliphatic rings. The second-order valence-corrected chi connectivity index (χ2v) is 7.73. The smallest absolute Gasteiger partial charge is 0.416 e. The Morgan fingerprint density at radius 2 is 2.08 bits per heavy atom. The first kappa shape index (κ1) is 19.5. The highest BCUT2D eigenvalue weighted by Crippen LogP contribution is 2.33. The van der Waals surface area contributed by atoms with Crippen LogP contribution in [-0.4, -0.2) is 51.1 Å². The third kappa shape index (κ3) is 4.63. The lowest BCUT2D eigenvalue weighted by molar-refractivity contribution is -0.137. The van der Waals surface area contributed by atoms with Crippen molar-refractivity contribution in [3.8, 4) is 5.75 Å². The molecule has 1 atom stereocenters. The van der Waals surface area contributed by atoms with E-state index >= 15 is 0 Å². The van der Waals surface area contributed by atoms with E-state index in [2.05, 4.69) is 5.32 Å². The molecule has 10 heteroatoms. The molecule has 25 heavy (non-hydrogen) atoms. The van der Waals surface area contributed by atoms with Crippen LogP contribution in [0.2, 0.25) is 0 Å². The number of ether oxygens (including phenoxy) is 1. The van der Waals surface area contributed by atoms with Gasteiger partial charge in [0.2, 0.25) is 10.0 Å². The lowest BCUT2D eigenvalue weighted by atomic mass is 10.1. The Kier molecular flexibility index (Phi) is 5.62. The highest BCUT2D eigenvalue weighted by Gasteiger charge is 2.33. The van der Waals surface area contributed by atoms with E-state index < -0.39 is 27.7 Å². The molecule has 0 spiro atoms. The Hall–Kier alpha value is -1.81. The van der Waals surface area contributed by atoms with Gasteiger partial charge in [-0.25, -0.2) is 8.42 Å². The highest BCUT2D eigenvalue weighted by atomic mass is 32.2. The molecule has 1 aromatic rings. The number of hydrogen-bond donors (Lipinski definition) is 1. The molecule has 1 aromatic carbocycles. The second-order valence-electron chi connectivity index (χ2n) is 5.79. The van der Waals surface area contributed by atoms with Gasteiger partial charge in [-0.3, -0.25) is 4.79 Å². The van der Waals surface area contributed by atoms with E-state index in [1.807, 2.05) is 0 Å². The highest BCUT2D eigenvalue weighted by molar-refractivity contribution is 7.88. The van der Waals surface area contributed by atoms with Gasteiger partial charge >= 0.3 is 6.18 Å². The predicted octanol–water partition coefficient (Wildman–Crippen LogP) is 1.87. The largest absolute Gasteiger partial charge is 0.496 e. The summed E-state index contributed by atoms with van der Waals surface area (Å²) in [7, 11) is -2.19. The first-order valence-electron chi connectivity index (χ1n) is 7.54. The van der Waals surface area contributed by atoms with Crippen LogP contribution < -0.4 is 10.1 Å². The third-order valence-electron chi connectivity index (χ3n) is 4.02. The van der Waals surface area contributed by atoms with Gasteiger partial charge in [-0.15, -0.1) is 0 Å². The Morgan fingerprint density at radius 3 is 2.64 bits per heavy atom. The minimum absolute atomic E-state index is 0.0422. The average Bonchev–Trinajstić information content (AvgIpc) is 2.99. The number of rotatable bonds is 5. The van der Waals surface area contributed by atoms with Crippen LogP contribution in [0, 0.1) is 0 Å². The molecule has 2 rings (SSSR count). The van der Waals surface area contributed by atoms with E-state index in [0.717, 1.165) is 24.5 Å². The number of halogens is 3. The molecule has 1 fully saturated rings. The summed E-state index contributed by atoms with van der Waals surface area (Å²) >= 11 is 0. The summed E-state index contributed by atoms with van der Waals surface area (Å²) in [6.07, 6.45) is -2.14. The van der Waals surface area contributed by atoms with Crippen LogP contribution in [0.15, 0.2) is 18.2 Å². The Balaban J connectivity index is 2.11. The summed E-state index contributed by atoms with van der Waals surface area (Å²) in [5, 5.41) is 2.57. The fraction of sp³-hybridized carbons (Fsp3) is 0.533. The molecule has 1 saturated heterocycles. The molecule has 0 aromatic heterocycles. The number of hydrogen-bond acceptors (Lipinski definition) is 4. The van der Waals surface area contributed by atoms with Crippen molar-refractivity contribution in [2.45, 2.75) is 25.1 Å². The van der Waals surface area contributed by atoms with Crippen molar-refractivity contribution < 1.29 is 31.1 Å². The monoisotopic (exact) mass is 380 g/mol. The number of carbonyl (C=O) groups is 1. The van der Waals surface area contributed by atoms with Gasteiger partial charge in [0, 0.05) is 19.1 Å². The second kappa shape index (κ2) is 7.20. The Labute approximate surface area is 144 Å². The summed E-state index contributed by atoms with van der Waals surface area (Å²) in [6, 6.07) is 2.24. The summed E-state index contributed by atoms with van der Waals surface area (Å²) in [6.45, 7) is 0.471. The maximum atomic E-state index is 12.7. The zero-order chi connectivity index (χ0) is 18.8. The molecule has 0 saturated carbocycles. The van der Waals surface area contributed by atoms with E-state index in [-0.39, 0.29) is 23.9 Å². The van der Waals surface area contributed by atoms with Gasteiger partial charge < -0.3 is 10.1 Å². The number of carbonyl (C=O) groups excluding carboxylic acids is 1. The van der Waals surface area contributed by atoms with E-state index in [0.29, 0.717) is 19.4 Å². The molecule has 0 unspecified atom stereocenters. The molecule has 0 aliphatic carbocycles. The van der Waals surface area contributed by atoms with Crippen LogP contribution in [0.3, 0.4) is 0 Å². The van der Waals surface area contributed by atoms with Crippen molar-refractivity contribution in [2.24, 2.45) is 0 Å². The van der Waals surface area contributed by atoms with Crippen LogP contribution in [0.4, 0.5) is 13.2 Å². The predicted molar refractivity (Wildman–Crippen MR) is 84.9 cm³/mol. The van der Waals surface area contributed by atoms with E-state index in [1.54, 1.807) is 0 Å². The standard InChI is InChI=1S/C15H19F3N2O4S/c1-24-13-8-10(15(16,17)18)5-6-12(13)14(21)19-9-11-4-3-7-20(11)25(2,22)23/h5-6,8,11H,3-4,7,9H2,1-2H3,(H,19,21)/t11-/m1/s1. The van der Waals surface area contributed by atoms with Crippen molar-refractivity contribution in [1.29, 1.82) is 0 Å². The van der Waals surface area contributed by atoms with E-state index in [1.165, 1.54) is 11.4 Å². The zero-order valence-corrected chi connectivity index (χ0v) is 14.6. The van der Waals surface area contributed by atoms with Crippen molar-refractivity contribution >= 4 is 15.9 Å². The minimum atomic E-state index is -4.54. The van der Waals surface area contributed by atoms with Gasteiger partial charge in [0.05, 0.1) is 24.5 Å². The van der Waals surface area contributed by atoms with Crippen molar-refractivity contribution in [3.63, 3.8) is 0 Å². The summed E-state index contributed by atoms with van der Waals surface area (Å²) < 4.78 is 67.7. The molecule has 140 valence electrons. The normalized spacial score (nSPS) is 19.0. The van der Waals surface area contributed by atoms with Crippen LogP contribution in [0.25, 0.3) is 0 Å². The van der Waals surface area contributed by atoms with Gasteiger partial charge in [-0.1, -0.05) is 0 Å². The van der Waals surface area contributed by atoms with Crippen LogP contribution in [0.5, 0.6) is 5.75 Å². The van der Waals surface area contributed by atoms with E-state index in [4.69, 9.17) is 4.74 Å². The van der Waals surface area contributed by atoms with Gasteiger partial charge in [0.1, 0.15) is 5.75 Å². The Morgan fingerprint density at radius 1 is 1.40 bits per heavy atom. The van der Waals surface area contributed by atoms with Crippen LogP contribution >= 0.6 is 0 Å². The molecule has 1 N–H and O–H groups in total. The number of benzene rings is 1. The number of methoxy groups -OCH3 is 1. The van der Waals surface area contributed by atoms with Gasteiger partial charge in [0.25, 0.3) is 5.91 Å². The molecular weight excluding hydrogens is 361 g/mol. The number of sulfonamides is 1. The molecule has 0 bridgehead atoms. The van der Waals surface area contributed by atoms with Crippen LogP contribution in [0.1, 0.15) is 28.8 Å². The quantitative estimate of drug-likeness (QED) is 0.846. The molecule has 1 aliphatic heterocycles. The Bertz CT molecular complexity index is 750. The minimum Gasteiger partial charge on any atom is -0.496 e. The number of alkyl halides is 3. The maximum Gasteiger partial charge on any atom is 0.416 e. The average molecular weight is 380 g/mol. The van der Waals surface area contributed by atoms with Crippen molar-refractivity contribution in [2.75, 3.05) is 26.5 Å². The number of nitrogens with zero attached hydrogens (tertiary/aromatic N) is 1. The zero-order valence-electron chi connectivity index (χ0n) is 13.8. The molecule has 0 radical (unpaired) electrons. The lowest BCUT2D eigenvalue weighted by Crippen LogP contribution is -2.42. The molecule has 1 amide bonds. The van der Waals surface area contributed by atoms with Gasteiger partial charge in [-0.2, -0.15) is 17.5 Å². The topological polar surface area (TPSA) is 75.7 Å². The van der Waals surface area contributed by atoms with Gasteiger partial charge in [-0.05, 0) is 31.0 Å². The summed E-state index contributed by atoms with van der Waals surface area (Å²) in [4.78, 5) is 12.3. The van der Waals surface area contributed by atoms with Gasteiger partial charge in [0.15, 0.2) is 0 Å². The molecule has 1 heterocycles. The SMILES string of the molecule is COc1cc(C(F)(F)F)ccc1C(=O)NC[C@H]1CCCN1S(C)(=O)=O. The fourth-order valence-electron chi connectivity index (χ4n) is 2.81. The van der Waals surface area contributed by atoms with Crippen molar-refractivity contribution in [1.82, 2.24) is 9.62 Å². The first-order chi connectivity index (χ1) is 11.5. The van der Waals surface area contributed by atoms with E-state index in [9.17, 15) is 26.4 Å². The van der Waals surface area contributed by atoms with Crippen LogP contribution in [-0.2, 0) is 16.2 Å². The third-order valence-corrected chi connectivity index (χ3v) is 5.35. The maximum absolute atomic E-state index is 12.7. The molecular formula is C15H19F3N2O4S. The number of nitrogens with one attached hydrogen (secondary N) is 1. The summed E-state index contributed by atoms with van der Waals surface area (Å²) in [5.74, 6) is -0.815.